The van der Waals surface area contributed by atoms with Gasteiger partial charge >= 0.3 is 11.9 Å². The van der Waals surface area contributed by atoms with E-state index in [1.807, 2.05) is 0 Å². The molecule has 1 heterocycles. The Hall–Kier alpha value is -1.18. The molecule has 0 aromatic rings. The molecule has 1 rings (SSSR count). The van der Waals surface area contributed by atoms with Crippen molar-refractivity contribution in [2.24, 2.45) is 0 Å². The second-order valence-corrected chi connectivity index (χ2v) is 3.40. The first-order valence-corrected chi connectivity index (χ1v) is 4.74. The van der Waals surface area contributed by atoms with E-state index in [1.54, 1.807) is 0 Å². The van der Waals surface area contributed by atoms with Crippen LogP contribution in [0.5, 0.6) is 0 Å². The second kappa shape index (κ2) is 5.24. The molecule has 16 heavy (non-hydrogen) atoms. The highest BCUT2D eigenvalue weighted by atomic mass is 16.7. The Morgan fingerprint density at radius 2 is 1.69 bits per heavy atom. The lowest BCUT2D eigenvalue weighted by Gasteiger charge is -2.21. The largest absolute Gasteiger partial charge is 0.455 e. The van der Waals surface area contributed by atoms with Crippen molar-refractivity contribution in [2.45, 2.75) is 38.4 Å². The zero-order valence-electron chi connectivity index (χ0n) is 8.95. The van der Waals surface area contributed by atoms with Crippen LogP contribution in [0.3, 0.4) is 0 Å². The standard InChI is InChI=1S/C9H14O7/c1-4(11)14-7-6(3-10)16-9(13)8(7)15-5(2)12/h6-10,13H,3H2,1-2H3/t6-,7+,8?,9-/m1/s1. The van der Waals surface area contributed by atoms with Crippen LogP contribution in [0.15, 0.2) is 0 Å². The Balaban J connectivity index is 2.76. The van der Waals surface area contributed by atoms with Crippen molar-refractivity contribution < 1.29 is 34.0 Å². The number of carbonyl (C=O) groups is 2. The van der Waals surface area contributed by atoms with E-state index in [-0.39, 0.29) is 0 Å². The van der Waals surface area contributed by atoms with E-state index in [1.165, 1.54) is 6.92 Å². The monoisotopic (exact) mass is 234 g/mol. The van der Waals surface area contributed by atoms with Gasteiger partial charge in [-0.1, -0.05) is 0 Å². The van der Waals surface area contributed by atoms with E-state index < -0.39 is 43.1 Å². The summed E-state index contributed by atoms with van der Waals surface area (Å²) in [5, 5.41) is 18.4. The fourth-order valence-electron chi connectivity index (χ4n) is 1.51. The highest BCUT2D eigenvalue weighted by molar-refractivity contribution is 5.67. The number of hydrogen-bond donors (Lipinski definition) is 2. The minimum absolute atomic E-state index is 0.452. The van der Waals surface area contributed by atoms with Gasteiger partial charge < -0.3 is 24.4 Å². The van der Waals surface area contributed by atoms with Crippen molar-refractivity contribution in [3.63, 3.8) is 0 Å². The molecule has 0 bridgehead atoms. The Labute approximate surface area is 91.9 Å². The average Bonchev–Trinajstić information content (AvgIpc) is 2.44. The molecule has 0 aliphatic carbocycles. The zero-order valence-corrected chi connectivity index (χ0v) is 8.95. The van der Waals surface area contributed by atoms with Gasteiger partial charge in [0.05, 0.1) is 6.61 Å². The summed E-state index contributed by atoms with van der Waals surface area (Å²) < 4.78 is 14.5. The normalized spacial score (nSPS) is 33.5. The Bertz CT molecular complexity index is 277. The van der Waals surface area contributed by atoms with Crippen LogP contribution in [0, 0.1) is 0 Å². The van der Waals surface area contributed by atoms with Crippen LogP contribution >= 0.6 is 0 Å². The smallest absolute Gasteiger partial charge is 0.303 e. The maximum atomic E-state index is 10.8. The van der Waals surface area contributed by atoms with E-state index in [2.05, 4.69) is 0 Å². The van der Waals surface area contributed by atoms with Crippen LogP contribution in [0.4, 0.5) is 0 Å². The number of aliphatic hydroxyl groups excluding tert-OH is 2. The molecule has 1 fully saturated rings. The average molecular weight is 234 g/mol. The maximum Gasteiger partial charge on any atom is 0.303 e. The van der Waals surface area contributed by atoms with Gasteiger partial charge in [0, 0.05) is 13.8 Å². The number of hydrogen-bond acceptors (Lipinski definition) is 7. The van der Waals surface area contributed by atoms with Gasteiger partial charge in [0.15, 0.2) is 18.5 Å². The summed E-state index contributed by atoms with van der Waals surface area (Å²) >= 11 is 0. The molecule has 7 nitrogen and oxygen atoms in total. The van der Waals surface area contributed by atoms with E-state index in [0.29, 0.717) is 0 Å². The summed E-state index contributed by atoms with van der Waals surface area (Å²) in [6, 6.07) is 0. The van der Waals surface area contributed by atoms with Crippen LogP contribution in [0.1, 0.15) is 13.8 Å². The molecular weight excluding hydrogens is 220 g/mol. The molecule has 1 aliphatic heterocycles. The topological polar surface area (TPSA) is 102 Å². The Kier molecular flexibility index (Phi) is 4.22. The number of rotatable bonds is 3. The molecule has 0 aromatic heterocycles. The first-order valence-electron chi connectivity index (χ1n) is 4.74. The molecule has 0 saturated carbocycles. The molecule has 0 spiro atoms. The summed E-state index contributed by atoms with van der Waals surface area (Å²) in [7, 11) is 0. The lowest BCUT2D eigenvalue weighted by molar-refractivity contribution is -0.174. The molecule has 0 amide bonds. The lowest BCUT2D eigenvalue weighted by atomic mass is 10.1. The molecule has 4 atom stereocenters. The first kappa shape index (κ1) is 12.9. The minimum atomic E-state index is -1.41. The highest BCUT2D eigenvalue weighted by Crippen LogP contribution is 2.25. The summed E-state index contributed by atoms with van der Waals surface area (Å²) in [6.45, 7) is 1.88. The van der Waals surface area contributed by atoms with Crippen LogP contribution in [-0.2, 0) is 23.8 Å². The summed E-state index contributed by atoms with van der Waals surface area (Å²) in [6.07, 6.45) is -4.42. The summed E-state index contributed by atoms with van der Waals surface area (Å²) in [5.74, 6) is -1.25. The molecule has 7 heteroatoms. The molecule has 0 aromatic carbocycles. The third-order valence-corrected chi connectivity index (χ3v) is 2.07. The zero-order chi connectivity index (χ0) is 12.3. The van der Waals surface area contributed by atoms with E-state index in [0.717, 1.165) is 6.92 Å². The highest BCUT2D eigenvalue weighted by Gasteiger charge is 2.48. The van der Waals surface area contributed by atoms with Gasteiger partial charge in [-0.2, -0.15) is 0 Å². The van der Waals surface area contributed by atoms with Gasteiger partial charge in [0.2, 0.25) is 0 Å². The predicted molar refractivity (Wildman–Crippen MR) is 49.1 cm³/mol. The van der Waals surface area contributed by atoms with Crippen molar-refractivity contribution >= 4 is 11.9 Å². The first-order chi connectivity index (χ1) is 7.45. The van der Waals surface area contributed by atoms with E-state index in [4.69, 9.17) is 19.3 Å². The minimum Gasteiger partial charge on any atom is -0.455 e. The quantitative estimate of drug-likeness (QED) is 0.576. The van der Waals surface area contributed by atoms with Gasteiger partial charge in [-0.25, -0.2) is 0 Å². The van der Waals surface area contributed by atoms with Gasteiger partial charge in [0.1, 0.15) is 6.10 Å². The fraction of sp³-hybridized carbons (Fsp3) is 0.778. The van der Waals surface area contributed by atoms with E-state index in [9.17, 15) is 14.7 Å². The Morgan fingerprint density at radius 3 is 2.12 bits per heavy atom. The third kappa shape index (κ3) is 2.91. The third-order valence-electron chi connectivity index (χ3n) is 2.07. The van der Waals surface area contributed by atoms with Crippen LogP contribution < -0.4 is 0 Å². The number of esters is 2. The maximum absolute atomic E-state index is 10.8. The predicted octanol–water partition coefficient (Wildman–Crippen LogP) is -1.44. The summed E-state index contributed by atoms with van der Waals surface area (Å²) in [5.41, 5.74) is 0. The number of aliphatic hydroxyl groups is 2. The Morgan fingerprint density at radius 1 is 1.19 bits per heavy atom. The molecule has 0 radical (unpaired) electrons. The van der Waals surface area contributed by atoms with Crippen LogP contribution in [0.2, 0.25) is 0 Å². The summed E-state index contributed by atoms with van der Waals surface area (Å²) in [4.78, 5) is 21.6. The van der Waals surface area contributed by atoms with Gasteiger partial charge in [0.25, 0.3) is 0 Å². The molecule has 2 N–H and O–H groups in total. The molecule has 92 valence electrons. The van der Waals surface area contributed by atoms with Crippen LogP contribution in [-0.4, -0.2) is 53.4 Å². The lowest BCUT2D eigenvalue weighted by Crippen LogP contribution is -2.40. The van der Waals surface area contributed by atoms with Crippen molar-refractivity contribution in [2.75, 3.05) is 6.61 Å². The van der Waals surface area contributed by atoms with Crippen molar-refractivity contribution in [3.05, 3.63) is 0 Å². The van der Waals surface area contributed by atoms with Crippen molar-refractivity contribution in [1.29, 1.82) is 0 Å². The SMILES string of the molecule is CC(=O)OC1[C@H](O)O[C@H](CO)[C@@H]1OC(C)=O. The van der Waals surface area contributed by atoms with Crippen molar-refractivity contribution in [3.8, 4) is 0 Å². The van der Waals surface area contributed by atoms with Gasteiger partial charge in [-0.15, -0.1) is 0 Å². The number of ether oxygens (including phenoxy) is 3. The number of carbonyl (C=O) groups excluding carboxylic acids is 2. The van der Waals surface area contributed by atoms with Crippen molar-refractivity contribution in [1.82, 2.24) is 0 Å². The second-order valence-electron chi connectivity index (χ2n) is 3.40. The molecule has 1 saturated heterocycles. The van der Waals surface area contributed by atoms with E-state index >= 15 is 0 Å². The van der Waals surface area contributed by atoms with Gasteiger partial charge in [-0.05, 0) is 0 Å². The fourth-order valence-corrected chi connectivity index (χ4v) is 1.51. The molecular formula is C9H14O7. The van der Waals surface area contributed by atoms with Crippen LogP contribution in [0.25, 0.3) is 0 Å². The molecule has 1 unspecified atom stereocenters. The van der Waals surface area contributed by atoms with Gasteiger partial charge in [-0.3, -0.25) is 9.59 Å². The molecule has 1 aliphatic rings.